The van der Waals surface area contributed by atoms with E-state index in [1.165, 1.54) is 5.56 Å². The molecule has 3 atom stereocenters. The third kappa shape index (κ3) is 8.50. The summed E-state index contributed by atoms with van der Waals surface area (Å²) < 4.78 is 0. The van der Waals surface area contributed by atoms with Crippen molar-refractivity contribution in [3.8, 4) is 0 Å². The highest BCUT2D eigenvalue weighted by molar-refractivity contribution is 5.96. The topological polar surface area (TPSA) is 125 Å². The molecule has 0 saturated heterocycles. The van der Waals surface area contributed by atoms with E-state index in [-0.39, 0.29) is 24.7 Å². The number of carbonyl (C=O) groups is 3. The van der Waals surface area contributed by atoms with Crippen LogP contribution in [0.25, 0.3) is 0 Å². The van der Waals surface area contributed by atoms with E-state index < -0.39 is 29.6 Å². The molecule has 3 aromatic carbocycles. The van der Waals surface area contributed by atoms with Crippen LogP contribution in [0.15, 0.2) is 78.9 Å². The van der Waals surface area contributed by atoms with Crippen LogP contribution in [0.3, 0.4) is 0 Å². The SMILES string of the molecule is CC(C)(C)NC(=O)c1ccccc1C[C@@H](O)[C@H](Cc1ccccc1)NC(=O)[C@@H](CC(N)=O)N1CCc2ccccc2C1. The molecule has 0 aromatic heterocycles. The molecule has 0 saturated carbocycles. The van der Waals surface area contributed by atoms with Crippen LogP contribution in [-0.2, 0) is 35.4 Å². The molecule has 0 bridgehead atoms. The first-order valence-electron chi connectivity index (χ1n) is 14.5. The normalized spacial score (nSPS) is 15.6. The quantitative estimate of drug-likeness (QED) is 0.282. The summed E-state index contributed by atoms with van der Waals surface area (Å²) in [6, 6.07) is 23.5. The predicted octanol–water partition coefficient (Wildman–Crippen LogP) is 3.15. The van der Waals surface area contributed by atoms with Gasteiger partial charge in [0, 0.05) is 30.6 Å². The van der Waals surface area contributed by atoms with E-state index >= 15 is 0 Å². The van der Waals surface area contributed by atoms with E-state index in [0.717, 1.165) is 17.5 Å². The van der Waals surface area contributed by atoms with Crippen molar-refractivity contribution in [2.45, 2.75) is 76.7 Å². The summed E-state index contributed by atoms with van der Waals surface area (Å²) >= 11 is 0. The number of nitrogens with zero attached hydrogens (tertiary/aromatic N) is 1. The summed E-state index contributed by atoms with van der Waals surface area (Å²) in [5, 5.41) is 17.6. The van der Waals surface area contributed by atoms with E-state index in [4.69, 9.17) is 5.73 Å². The maximum Gasteiger partial charge on any atom is 0.251 e. The molecular weight excluding hydrogens is 528 g/mol. The lowest BCUT2D eigenvalue weighted by atomic mass is 9.93. The Labute approximate surface area is 248 Å². The Bertz CT molecular complexity index is 1390. The standard InChI is InChI=1S/C34H42N4O4/c1-34(2,3)37-32(41)27-16-10-9-14-25(27)20-30(39)28(19-23-11-5-4-6-12-23)36-33(42)29(21-31(35)40)38-18-17-24-13-7-8-15-26(24)22-38/h4-16,28-30,39H,17-22H2,1-3H3,(H2,35,40)(H,36,42)(H,37,41)/t28-,29+,30+/m0/s1. The molecule has 0 aliphatic carbocycles. The molecule has 1 heterocycles. The van der Waals surface area contributed by atoms with Crippen molar-refractivity contribution in [2.75, 3.05) is 6.54 Å². The van der Waals surface area contributed by atoms with Crippen molar-refractivity contribution in [1.29, 1.82) is 0 Å². The lowest BCUT2D eigenvalue weighted by Gasteiger charge is -2.35. The molecule has 0 fully saturated rings. The van der Waals surface area contributed by atoms with Crippen LogP contribution in [0.5, 0.6) is 0 Å². The van der Waals surface area contributed by atoms with Gasteiger partial charge < -0.3 is 21.5 Å². The number of primary amides is 1. The molecule has 4 rings (SSSR count). The first-order valence-corrected chi connectivity index (χ1v) is 14.5. The Kier molecular flexibility index (Phi) is 10.1. The van der Waals surface area contributed by atoms with Gasteiger partial charge in [0.1, 0.15) is 0 Å². The monoisotopic (exact) mass is 570 g/mol. The highest BCUT2D eigenvalue weighted by Crippen LogP contribution is 2.22. The highest BCUT2D eigenvalue weighted by atomic mass is 16.3. The Morgan fingerprint density at radius 3 is 2.24 bits per heavy atom. The molecule has 3 amide bonds. The molecule has 0 spiro atoms. The van der Waals surface area contributed by atoms with E-state index in [1.54, 1.807) is 12.1 Å². The molecule has 3 aromatic rings. The molecule has 8 heteroatoms. The summed E-state index contributed by atoms with van der Waals surface area (Å²) in [5.74, 6) is -1.14. The molecular formula is C34H42N4O4. The summed E-state index contributed by atoms with van der Waals surface area (Å²) in [5.41, 5.74) is 9.65. The number of fused-ring (bicyclic) bond motifs is 1. The second-order valence-electron chi connectivity index (χ2n) is 12.1. The van der Waals surface area contributed by atoms with Crippen molar-refractivity contribution < 1.29 is 19.5 Å². The number of hydrogen-bond acceptors (Lipinski definition) is 5. The fourth-order valence-electron chi connectivity index (χ4n) is 5.49. The third-order valence-corrected chi connectivity index (χ3v) is 7.57. The molecule has 222 valence electrons. The lowest BCUT2D eigenvalue weighted by Crippen LogP contribution is -2.55. The fourth-order valence-corrected chi connectivity index (χ4v) is 5.49. The maximum atomic E-state index is 13.8. The second-order valence-corrected chi connectivity index (χ2v) is 12.1. The van der Waals surface area contributed by atoms with Gasteiger partial charge in [-0.05, 0) is 61.9 Å². The van der Waals surface area contributed by atoms with Crippen LogP contribution >= 0.6 is 0 Å². The number of benzene rings is 3. The minimum Gasteiger partial charge on any atom is -0.391 e. The summed E-state index contributed by atoms with van der Waals surface area (Å²) in [7, 11) is 0. The summed E-state index contributed by atoms with van der Waals surface area (Å²) in [6.07, 6.45) is 0.161. The van der Waals surface area contributed by atoms with Gasteiger partial charge in [-0.15, -0.1) is 0 Å². The third-order valence-electron chi connectivity index (χ3n) is 7.57. The van der Waals surface area contributed by atoms with Gasteiger partial charge in [-0.25, -0.2) is 0 Å². The van der Waals surface area contributed by atoms with Crippen molar-refractivity contribution in [3.63, 3.8) is 0 Å². The average molecular weight is 571 g/mol. The van der Waals surface area contributed by atoms with Crippen LogP contribution in [0.4, 0.5) is 0 Å². The molecule has 42 heavy (non-hydrogen) atoms. The van der Waals surface area contributed by atoms with Crippen LogP contribution in [-0.4, -0.2) is 58.0 Å². The largest absolute Gasteiger partial charge is 0.391 e. The number of nitrogens with one attached hydrogen (secondary N) is 2. The van der Waals surface area contributed by atoms with Gasteiger partial charge in [0.2, 0.25) is 11.8 Å². The number of aliphatic hydroxyl groups excluding tert-OH is 1. The Hall–Kier alpha value is -4.01. The van der Waals surface area contributed by atoms with Crippen LogP contribution in [0, 0.1) is 0 Å². The maximum absolute atomic E-state index is 13.8. The van der Waals surface area contributed by atoms with Gasteiger partial charge in [0.15, 0.2) is 0 Å². The Morgan fingerprint density at radius 1 is 0.905 bits per heavy atom. The zero-order valence-corrected chi connectivity index (χ0v) is 24.7. The van der Waals surface area contributed by atoms with Gasteiger partial charge in [-0.3, -0.25) is 19.3 Å². The number of hydrogen-bond donors (Lipinski definition) is 4. The van der Waals surface area contributed by atoms with E-state index in [0.29, 0.717) is 30.6 Å². The Morgan fingerprint density at radius 2 is 1.55 bits per heavy atom. The van der Waals surface area contributed by atoms with Gasteiger partial charge in [-0.1, -0.05) is 72.8 Å². The molecule has 1 aliphatic rings. The number of rotatable bonds is 11. The van der Waals surface area contributed by atoms with Crippen molar-refractivity contribution in [1.82, 2.24) is 15.5 Å². The van der Waals surface area contributed by atoms with Gasteiger partial charge in [0.25, 0.3) is 5.91 Å². The van der Waals surface area contributed by atoms with Crippen LogP contribution in [0.1, 0.15) is 59.8 Å². The first-order chi connectivity index (χ1) is 20.0. The summed E-state index contributed by atoms with van der Waals surface area (Å²) in [4.78, 5) is 41.0. The van der Waals surface area contributed by atoms with Crippen molar-refractivity contribution in [2.24, 2.45) is 5.73 Å². The molecule has 8 nitrogen and oxygen atoms in total. The molecule has 5 N–H and O–H groups in total. The van der Waals surface area contributed by atoms with Crippen molar-refractivity contribution >= 4 is 17.7 Å². The second kappa shape index (κ2) is 13.8. The van der Waals surface area contributed by atoms with E-state index in [1.807, 2.05) is 86.3 Å². The highest BCUT2D eigenvalue weighted by Gasteiger charge is 2.33. The lowest BCUT2D eigenvalue weighted by molar-refractivity contribution is -0.132. The van der Waals surface area contributed by atoms with Crippen molar-refractivity contribution in [3.05, 3.63) is 107 Å². The average Bonchev–Trinajstić information content (AvgIpc) is 2.95. The summed E-state index contributed by atoms with van der Waals surface area (Å²) in [6.45, 7) is 6.89. The molecule has 0 unspecified atom stereocenters. The number of carbonyl (C=O) groups excluding carboxylic acids is 3. The minimum absolute atomic E-state index is 0.127. The zero-order chi connectivity index (χ0) is 30.3. The first kappa shape index (κ1) is 30.9. The van der Waals surface area contributed by atoms with E-state index in [2.05, 4.69) is 16.7 Å². The van der Waals surface area contributed by atoms with Crippen LogP contribution in [0.2, 0.25) is 0 Å². The number of nitrogens with two attached hydrogens (primary N) is 1. The molecule has 0 radical (unpaired) electrons. The molecule has 1 aliphatic heterocycles. The Balaban J connectivity index is 1.57. The predicted molar refractivity (Wildman–Crippen MR) is 164 cm³/mol. The smallest absolute Gasteiger partial charge is 0.251 e. The number of amides is 3. The fraction of sp³-hybridized carbons (Fsp3) is 0.382. The zero-order valence-electron chi connectivity index (χ0n) is 24.7. The van der Waals surface area contributed by atoms with Crippen LogP contribution < -0.4 is 16.4 Å². The van der Waals surface area contributed by atoms with Gasteiger partial charge in [-0.2, -0.15) is 0 Å². The number of aliphatic hydroxyl groups is 1. The van der Waals surface area contributed by atoms with Gasteiger partial charge in [0.05, 0.1) is 24.6 Å². The van der Waals surface area contributed by atoms with Gasteiger partial charge >= 0.3 is 0 Å². The minimum atomic E-state index is -1.01. The van der Waals surface area contributed by atoms with E-state index in [9.17, 15) is 19.5 Å².